The predicted molar refractivity (Wildman–Crippen MR) is 85.9 cm³/mol. The van der Waals surface area contributed by atoms with Gasteiger partial charge in [0, 0.05) is 12.6 Å². The summed E-state index contributed by atoms with van der Waals surface area (Å²) in [6, 6.07) is 10.0. The molecule has 0 bridgehead atoms. The summed E-state index contributed by atoms with van der Waals surface area (Å²) in [5.41, 5.74) is 0.600. The molecule has 0 spiro atoms. The Bertz CT molecular complexity index is 704. The fourth-order valence-corrected chi connectivity index (χ4v) is 1.96. The second kappa shape index (κ2) is 8.29. The standard InChI is InChI=1S/C18H19F2NO3/c1-12(2)24-17-7-6-13(8-16(17)20)10-21-18(22)11-23-15-5-3-4-14(19)9-15/h3-9,12H,10-11H2,1-2H3,(H,21,22). The van der Waals surface area contributed by atoms with Gasteiger partial charge in [-0.25, -0.2) is 8.78 Å². The van der Waals surface area contributed by atoms with Gasteiger partial charge in [0.15, 0.2) is 18.2 Å². The van der Waals surface area contributed by atoms with Gasteiger partial charge in [-0.3, -0.25) is 4.79 Å². The molecule has 0 atom stereocenters. The highest BCUT2D eigenvalue weighted by Gasteiger charge is 2.08. The molecule has 0 aliphatic heterocycles. The third-order valence-electron chi connectivity index (χ3n) is 3.01. The van der Waals surface area contributed by atoms with Crippen molar-refractivity contribution < 1.29 is 23.0 Å². The first kappa shape index (κ1) is 17.7. The van der Waals surface area contributed by atoms with Gasteiger partial charge in [0.25, 0.3) is 5.91 Å². The van der Waals surface area contributed by atoms with Gasteiger partial charge in [-0.05, 0) is 43.7 Å². The number of carbonyl (C=O) groups excluding carboxylic acids is 1. The number of rotatable bonds is 7. The van der Waals surface area contributed by atoms with E-state index in [4.69, 9.17) is 9.47 Å². The molecule has 0 fully saturated rings. The number of ether oxygens (including phenoxy) is 2. The van der Waals surface area contributed by atoms with E-state index in [2.05, 4.69) is 5.32 Å². The van der Waals surface area contributed by atoms with Crippen molar-refractivity contribution in [3.05, 3.63) is 59.7 Å². The van der Waals surface area contributed by atoms with E-state index < -0.39 is 11.6 Å². The van der Waals surface area contributed by atoms with Gasteiger partial charge in [0.05, 0.1) is 6.10 Å². The molecule has 2 aromatic rings. The third-order valence-corrected chi connectivity index (χ3v) is 3.01. The van der Waals surface area contributed by atoms with Crippen LogP contribution in [0, 0.1) is 11.6 Å². The van der Waals surface area contributed by atoms with E-state index in [-0.39, 0.29) is 36.7 Å². The Labute approximate surface area is 139 Å². The Balaban J connectivity index is 1.82. The summed E-state index contributed by atoms with van der Waals surface area (Å²) >= 11 is 0. The third kappa shape index (κ3) is 5.53. The molecule has 1 N–H and O–H groups in total. The molecule has 4 nitrogen and oxygen atoms in total. The van der Waals surface area contributed by atoms with Gasteiger partial charge >= 0.3 is 0 Å². The molecule has 0 heterocycles. The van der Waals surface area contributed by atoms with Crippen molar-refractivity contribution in [2.75, 3.05) is 6.61 Å². The van der Waals surface area contributed by atoms with Crippen LogP contribution in [0.25, 0.3) is 0 Å². The van der Waals surface area contributed by atoms with Crippen molar-refractivity contribution >= 4 is 5.91 Å². The summed E-state index contributed by atoms with van der Waals surface area (Å²) < 4.78 is 37.3. The van der Waals surface area contributed by atoms with Crippen molar-refractivity contribution in [3.8, 4) is 11.5 Å². The minimum absolute atomic E-state index is 0.120. The minimum Gasteiger partial charge on any atom is -0.488 e. The maximum absolute atomic E-state index is 13.8. The Morgan fingerprint density at radius 2 is 1.96 bits per heavy atom. The van der Waals surface area contributed by atoms with Crippen LogP contribution in [0.4, 0.5) is 8.78 Å². The van der Waals surface area contributed by atoms with Crippen LogP contribution in [0.5, 0.6) is 11.5 Å². The molecule has 0 saturated heterocycles. The summed E-state index contributed by atoms with van der Waals surface area (Å²) in [7, 11) is 0. The fraction of sp³-hybridized carbons (Fsp3) is 0.278. The highest BCUT2D eigenvalue weighted by Crippen LogP contribution is 2.19. The number of hydrogen-bond donors (Lipinski definition) is 1. The van der Waals surface area contributed by atoms with Crippen molar-refractivity contribution in [1.29, 1.82) is 0 Å². The van der Waals surface area contributed by atoms with E-state index >= 15 is 0 Å². The summed E-state index contributed by atoms with van der Waals surface area (Å²) in [5.74, 6) is -0.860. The van der Waals surface area contributed by atoms with Gasteiger partial charge < -0.3 is 14.8 Å². The van der Waals surface area contributed by atoms with Crippen molar-refractivity contribution in [1.82, 2.24) is 5.32 Å². The largest absolute Gasteiger partial charge is 0.488 e. The van der Waals surface area contributed by atoms with E-state index in [1.807, 2.05) is 13.8 Å². The van der Waals surface area contributed by atoms with Crippen LogP contribution in [-0.4, -0.2) is 18.6 Å². The molecule has 2 rings (SSSR count). The lowest BCUT2D eigenvalue weighted by atomic mass is 10.2. The van der Waals surface area contributed by atoms with Gasteiger partial charge in [0.1, 0.15) is 11.6 Å². The first-order chi connectivity index (χ1) is 11.4. The molecule has 1 amide bonds. The SMILES string of the molecule is CC(C)Oc1ccc(CNC(=O)COc2cccc(F)c2)cc1F. The molecule has 0 unspecified atom stereocenters. The quantitative estimate of drug-likeness (QED) is 0.843. The highest BCUT2D eigenvalue weighted by molar-refractivity contribution is 5.77. The Morgan fingerprint density at radius 1 is 1.17 bits per heavy atom. The first-order valence-electron chi connectivity index (χ1n) is 7.54. The topological polar surface area (TPSA) is 47.6 Å². The molecule has 0 aliphatic carbocycles. The fourth-order valence-electron chi connectivity index (χ4n) is 1.96. The van der Waals surface area contributed by atoms with Gasteiger partial charge in [-0.15, -0.1) is 0 Å². The van der Waals surface area contributed by atoms with E-state index in [0.29, 0.717) is 5.56 Å². The number of amides is 1. The average Bonchev–Trinajstić information content (AvgIpc) is 2.53. The molecule has 0 saturated carbocycles. The molecule has 128 valence electrons. The molecule has 0 radical (unpaired) electrons. The van der Waals surface area contributed by atoms with Crippen LogP contribution in [0.15, 0.2) is 42.5 Å². The Morgan fingerprint density at radius 3 is 2.62 bits per heavy atom. The summed E-state index contributed by atoms with van der Waals surface area (Å²) in [5, 5.41) is 2.61. The highest BCUT2D eigenvalue weighted by atomic mass is 19.1. The summed E-state index contributed by atoms with van der Waals surface area (Å²) in [6.07, 6.45) is -0.120. The number of benzene rings is 2. The Kier molecular flexibility index (Phi) is 6.12. The zero-order chi connectivity index (χ0) is 17.5. The molecule has 0 aliphatic rings. The second-order valence-corrected chi connectivity index (χ2v) is 5.45. The normalized spacial score (nSPS) is 10.5. The molecular formula is C18H19F2NO3. The smallest absolute Gasteiger partial charge is 0.258 e. The van der Waals surface area contributed by atoms with Gasteiger partial charge in [-0.1, -0.05) is 12.1 Å². The lowest BCUT2D eigenvalue weighted by molar-refractivity contribution is -0.123. The maximum Gasteiger partial charge on any atom is 0.258 e. The van der Waals surface area contributed by atoms with Crippen molar-refractivity contribution in [2.24, 2.45) is 0 Å². The predicted octanol–water partition coefficient (Wildman–Crippen LogP) is 3.45. The molecule has 0 aromatic heterocycles. The first-order valence-corrected chi connectivity index (χ1v) is 7.54. The van der Waals surface area contributed by atoms with Gasteiger partial charge in [-0.2, -0.15) is 0 Å². The zero-order valence-corrected chi connectivity index (χ0v) is 13.5. The summed E-state index contributed by atoms with van der Waals surface area (Å²) in [6.45, 7) is 3.53. The number of carbonyl (C=O) groups is 1. The van der Waals surface area contributed by atoms with Crippen LogP contribution < -0.4 is 14.8 Å². The molecule has 6 heteroatoms. The van der Waals surface area contributed by atoms with Crippen LogP contribution in [0.3, 0.4) is 0 Å². The Hall–Kier alpha value is -2.63. The van der Waals surface area contributed by atoms with E-state index in [1.165, 1.54) is 30.3 Å². The van der Waals surface area contributed by atoms with E-state index in [1.54, 1.807) is 12.1 Å². The van der Waals surface area contributed by atoms with Crippen molar-refractivity contribution in [2.45, 2.75) is 26.5 Å². The van der Waals surface area contributed by atoms with Crippen LogP contribution in [0.2, 0.25) is 0 Å². The van der Waals surface area contributed by atoms with Crippen LogP contribution in [-0.2, 0) is 11.3 Å². The monoisotopic (exact) mass is 335 g/mol. The lowest BCUT2D eigenvalue weighted by Gasteiger charge is -2.12. The second-order valence-electron chi connectivity index (χ2n) is 5.45. The summed E-state index contributed by atoms with van der Waals surface area (Å²) in [4.78, 5) is 11.7. The lowest BCUT2D eigenvalue weighted by Crippen LogP contribution is -2.28. The average molecular weight is 335 g/mol. The van der Waals surface area contributed by atoms with Crippen molar-refractivity contribution in [3.63, 3.8) is 0 Å². The van der Waals surface area contributed by atoms with Crippen LogP contribution >= 0.6 is 0 Å². The molecular weight excluding hydrogens is 316 g/mol. The van der Waals surface area contributed by atoms with E-state index in [0.717, 1.165) is 0 Å². The zero-order valence-electron chi connectivity index (χ0n) is 13.5. The number of nitrogens with one attached hydrogen (secondary N) is 1. The van der Waals surface area contributed by atoms with Crippen LogP contribution in [0.1, 0.15) is 19.4 Å². The van der Waals surface area contributed by atoms with Gasteiger partial charge in [0.2, 0.25) is 0 Å². The van der Waals surface area contributed by atoms with E-state index in [9.17, 15) is 13.6 Å². The minimum atomic E-state index is -0.480. The number of halogens is 2. The maximum atomic E-state index is 13.8. The number of hydrogen-bond acceptors (Lipinski definition) is 3. The molecule has 24 heavy (non-hydrogen) atoms. The molecule has 2 aromatic carbocycles.